The summed E-state index contributed by atoms with van der Waals surface area (Å²) < 4.78 is 1.91. The summed E-state index contributed by atoms with van der Waals surface area (Å²) in [5.74, 6) is -0.153. The summed E-state index contributed by atoms with van der Waals surface area (Å²) in [4.78, 5) is 32.0. The Morgan fingerprint density at radius 1 is 1.18 bits per heavy atom. The van der Waals surface area contributed by atoms with Crippen molar-refractivity contribution >= 4 is 17.5 Å². The maximum absolute atomic E-state index is 12.9. The van der Waals surface area contributed by atoms with E-state index in [-0.39, 0.29) is 11.8 Å². The first-order chi connectivity index (χ1) is 13.4. The molecule has 2 amide bonds. The summed E-state index contributed by atoms with van der Waals surface area (Å²) in [6.07, 6.45) is 2.74. The zero-order valence-electron chi connectivity index (χ0n) is 17.1. The summed E-state index contributed by atoms with van der Waals surface area (Å²) >= 11 is 0. The van der Waals surface area contributed by atoms with Crippen molar-refractivity contribution in [2.45, 2.75) is 39.7 Å². The number of hydrogen-bond acceptors (Lipinski definition) is 4. The molecule has 2 heterocycles. The quantitative estimate of drug-likeness (QED) is 0.803. The van der Waals surface area contributed by atoms with Gasteiger partial charge in [-0.25, -0.2) is 4.98 Å². The normalized spacial score (nSPS) is 13.3. The minimum absolute atomic E-state index is 0.226. The van der Waals surface area contributed by atoms with Crippen molar-refractivity contribution < 1.29 is 9.59 Å². The molecule has 7 nitrogen and oxygen atoms in total. The van der Waals surface area contributed by atoms with Crippen LogP contribution in [0.4, 0.5) is 5.69 Å². The second-order valence-electron chi connectivity index (χ2n) is 7.67. The lowest BCUT2D eigenvalue weighted by molar-refractivity contribution is 0.0935. The number of nitrogens with zero attached hydrogens (tertiary/aromatic N) is 3. The van der Waals surface area contributed by atoms with Gasteiger partial charge in [0.05, 0.1) is 5.69 Å². The molecule has 0 radical (unpaired) electrons. The number of benzene rings is 1. The Morgan fingerprint density at radius 3 is 2.68 bits per heavy atom. The van der Waals surface area contributed by atoms with Gasteiger partial charge >= 0.3 is 0 Å². The summed E-state index contributed by atoms with van der Waals surface area (Å²) in [5.41, 5.74) is 4.13. The molecule has 0 saturated heterocycles. The molecule has 0 aliphatic carbocycles. The predicted octanol–water partition coefficient (Wildman–Crippen LogP) is 2.38. The smallest absolute Gasteiger partial charge is 0.287 e. The molecule has 0 fully saturated rings. The first kappa shape index (κ1) is 20.1. The molecular weight excluding hydrogens is 354 g/mol. The van der Waals surface area contributed by atoms with Crippen LogP contribution < -0.4 is 10.6 Å². The molecule has 2 N–H and O–H groups in total. The topological polar surface area (TPSA) is 79.3 Å². The van der Waals surface area contributed by atoms with Gasteiger partial charge in [0.15, 0.2) is 11.5 Å². The van der Waals surface area contributed by atoms with Crippen molar-refractivity contribution in [2.75, 3.05) is 32.5 Å². The molecule has 1 aromatic carbocycles. The summed E-state index contributed by atoms with van der Waals surface area (Å²) in [6.45, 7) is 5.99. The summed E-state index contributed by atoms with van der Waals surface area (Å²) in [7, 11) is 3.91. The molecule has 1 aliphatic heterocycles. The average Bonchev–Trinajstić information content (AvgIpc) is 3.03. The van der Waals surface area contributed by atoms with Crippen LogP contribution in [0.15, 0.2) is 18.2 Å². The number of carbonyl (C=O) groups is 2. The van der Waals surface area contributed by atoms with E-state index in [1.54, 1.807) is 0 Å². The maximum atomic E-state index is 12.9. The van der Waals surface area contributed by atoms with Crippen LogP contribution in [0.25, 0.3) is 0 Å². The molecule has 2 aromatic rings. The molecule has 1 aromatic heterocycles. The number of rotatable bonds is 6. The number of hydrogen-bond donors (Lipinski definition) is 2. The van der Waals surface area contributed by atoms with Crippen LogP contribution in [-0.2, 0) is 13.0 Å². The van der Waals surface area contributed by atoms with E-state index < -0.39 is 0 Å². The Labute approximate surface area is 166 Å². The SMILES string of the molecule is Cc1ccc(NC(=O)c2nc(C(=O)NCCN(C)C)n3c2CCCC3)c(C)c1. The van der Waals surface area contributed by atoms with Crippen LogP contribution >= 0.6 is 0 Å². The number of aromatic nitrogens is 2. The van der Waals surface area contributed by atoms with Gasteiger partial charge in [-0.15, -0.1) is 0 Å². The van der Waals surface area contributed by atoms with Crippen molar-refractivity contribution in [1.29, 1.82) is 0 Å². The molecule has 0 saturated carbocycles. The highest BCUT2D eigenvalue weighted by molar-refractivity contribution is 6.05. The fraction of sp³-hybridized carbons (Fsp3) is 0.476. The van der Waals surface area contributed by atoms with Crippen molar-refractivity contribution in [3.63, 3.8) is 0 Å². The molecular formula is C21H29N5O2. The van der Waals surface area contributed by atoms with E-state index in [0.29, 0.717) is 18.1 Å². The summed E-state index contributed by atoms with van der Waals surface area (Å²) in [5, 5.41) is 5.86. The van der Waals surface area contributed by atoms with Gasteiger partial charge in [0.25, 0.3) is 11.8 Å². The second kappa shape index (κ2) is 8.56. The third-order valence-electron chi connectivity index (χ3n) is 5.01. The van der Waals surface area contributed by atoms with Crippen molar-refractivity contribution in [3.8, 4) is 0 Å². The number of imidazole rings is 1. The van der Waals surface area contributed by atoms with Gasteiger partial charge in [0.2, 0.25) is 0 Å². The number of nitrogens with one attached hydrogen (secondary N) is 2. The van der Waals surface area contributed by atoms with E-state index in [9.17, 15) is 9.59 Å². The van der Waals surface area contributed by atoms with Crippen LogP contribution in [0.3, 0.4) is 0 Å². The number of amides is 2. The molecule has 1 aliphatic rings. The third kappa shape index (κ3) is 4.42. The van der Waals surface area contributed by atoms with Crippen molar-refractivity contribution in [1.82, 2.24) is 19.8 Å². The van der Waals surface area contributed by atoms with Gasteiger partial charge in [0, 0.05) is 25.3 Å². The van der Waals surface area contributed by atoms with Crippen LogP contribution in [0.1, 0.15) is 50.8 Å². The lowest BCUT2D eigenvalue weighted by Crippen LogP contribution is -2.33. The highest BCUT2D eigenvalue weighted by Crippen LogP contribution is 2.23. The molecule has 3 rings (SSSR count). The number of likely N-dealkylation sites (N-methyl/N-ethyl adjacent to an activating group) is 1. The third-order valence-corrected chi connectivity index (χ3v) is 5.01. The largest absolute Gasteiger partial charge is 0.348 e. The molecule has 0 unspecified atom stereocenters. The van der Waals surface area contributed by atoms with Crippen molar-refractivity contribution in [2.24, 2.45) is 0 Å². The van der Waals surface area contributed by atoms with E-state index >= 15 is 0 Å². The minimum atomic E-state index is -0.259. The zero-order chi connectivity index (χ0) is 20.3. The Hall–Kier alpha value is -2.67. The average molecular weight is 383 g/mol. The Bertz CT molecular complexity index is 885. The van der Waals surface area contributed by atoms with Gasteiger partial charge < -0.3 is 20.1 Å². The van der Waals surface area contributed by atoms with Crippen molar-refractivity contribution in [3.05, 3.63) is 46.5 Å². The zero-order valence-corrected chi connectivity index (χ0v) is 17.1. The van der Waals surface area contributed by atoms with E-state index in [4.69, 9.17) is 0 Å². The van der Waals surface area contributed by atoms with E-state index in [0.717, 1.165) is 54.9 Å². The van der Waals surface area contributed by atoms with Crippen LogP contribution in [0.5, 0.6) is 0 Å². The Morgan fingerprint density at radius 2 is 1.96 bits per heavy atom. The second-order valence-corrected chi connectivity index (χ2v) is 7.67. The first-order valence-corrected chi connectivity index (χ1v) is 9.77. The van der Waals surface area contributed by atoms with Gasteiger partial charge in [-0.2, -0.15) is 0 Å². The highest BCUT2D eigenvalue weighted by Gasteiger charge is 2.27. The lowest BCUT2D eigenvalue weighted by Gasteiger charge is -2.17. The minimum Gasteiger partial charge on any atom is -0.348 e. The van der Waals surface area contributed by atoms with Gasteiger partial charge in [-0.3, -0.25) is 9.59 Å². The fourth-order valence-electron chi connectivity index (χ4n) is 3.51. The number of carbonyl (C=O) groups excluding carboxylic acids is 2. The fourth-order valence-corrected chi connectivity index (χ4v) is 3.51. The van der Waals surface area contributed by atoms with E-state index in [1.165, 1.54) is 0 Å². The van der Waals surface area contributed by atoms with Gasteiger partial charge in [0.1, 0.15) is 0 Å². The standard InChI is InChI=1S/C21H29N5O2/c1-14-8-9-16(15(2)13-14)23-20(27)18-17-7-5-6-11-26(17)19(24-18)21(28)22-10-12-25(3)4/h8-9,13H,5-7,10-12H2,1-4H3,(H,22,28)(H,23,27). The van der Waals surface area contributed by atoms with Crippen LogP contribution in [0.2, 0.25) is 0 Å². The number of fused-ring (bicyclic) bond motifs is 1. The van der Waals surface area contributed by atoms with Gasteiger partial charge in [-0.1, -0.05) is 17.7 Å². The highest BCUT2D eigenvalue weighted by atomic mass is 16.2. The van der Waals surface area contributed by atoms with Gasteiger partial charge in [-0.05, 0) is 58.8 Å². The molecule has 7 heteroatoms. The molecule has 0 bridgehead atoms. The predicted molar refractivity (Wildman–Crippen MR) is 110 cm³/mol. The molecule has 0 atom stereocenters. The van der Waals surface area contributed by atoms with Crippen LogP contribution in [-0.4, -0.2) is 53.5 Å². The Balaban J connectivity index is 1.83. The van der Waals surface area contributed by atoms with Crippen LogP contribution in [0, 0.1) is 13.8 Å². The van der Waals surface area contributed by atoms with E-state index in [2.05, 4.69) is 15.6 Å². The number of anilines is 1. The molecule has 28 heavy (non-hydrogen) atoms. The molecule has 150 valence electrons. The monoisotopic (exact) mass is 383 g/mol. The maximum Gasteiger partial charge on any atom is 0.287 e. The molecule has 0 spiro atoms. The number of aryl methyl sites for hydroxylation is 2. The Kier molecular flexibility index (Phi) is 6.14. The lowest BCUT2D eigenvalue weighted by atomic mass is 10.1. The van der Waals surface area contributed by atoms with E-state index in [1.807, 2.05) is 55.6 Å². The summed E-state index contributed by atoms with van der Waals surface area (Å²) in [6, 6.07) is 5.90. The first-order valence-electron chi connectivity index (χ1n) is 9.77.